The first kappa shape index (κ1) is 15.6. The third-order valence-electron chi connectivity index (χ3n) is 3.47. The maximum absolute atomic E-state index is 12.2. The number of nitrogens with zero attached hydrogens (tertiary/aromatic N) is 4. The summed E-state index contributed by atoms with van der Waals surface area (Å²) in [6, 6.07) is 18.1. The minimum atomic E-state index is -0.377. The number of amides is 1. The molecule has 1 N–H and O–H groups in total. The molecule has 120 valence electrons. The molecule has 3 aromatic rings. The molecule has 1 atom stereocenters. The normalized spacial score (nSPS) is 12.2. The van der Waals surface area contributed by atoms with Gasteiger partial charge in [0.05, 0.1) is 11.4 Å². The topological polar surface area (TPSA) is 71.6 Å². The molecule has 24 heavy (non-hydrogen) atoms. The van der Waals surface area contributed by atoms with Gasteiger partial charge in [0.25, 0.3) is 0 Å². The van der Waals surface area contributed by atoms with Crippen LogP contribution in [0.3, 0.4) is 0 Å². The molecule has 1 heterocycles. The van der Waals surface area contributed by atoms with E-state index in [1.165, 1.54) is 0 Å². The summed E-state index contributed by atoms with van der Waals surface area (Å²) in [6.45, 7) is 1.80. The maximum Gasteiger partial charge on any atom is 0.248 e. The molecule has 0 aliphatic carbocycles. The highest BCUT2D eigenvalue weighted by molar-refractivity contribution is 5.93. The van der Waals surface area contributed by atoms with Gasteiger partial charge in [-0.1, -0.05) is 18.2 Å². The van der Waals surface area contributed by atoms with Crippen molar-refractivity contribution in [3.8, 4) is 0 Å². The molecule has 0 saturated heterocycles. The van der Waals surface area contributed by atoms with Crippen molar-refractivity contribution in [3.05, 3.63) is 73.1 Å². The molecule has 6 nitrogen and oxygen atoms in total. The highest BCUT2D eigenvalue weighted by Crippen LogP contribution is 2.20. The summed E-state index contributed by atoms with van der Waals surface area (Å²) >= 11 is 0. The molecule has 2 aromatic carbocycles. The molecule has 3 rings (SSSR count). The average molecular weight is 319 g/mol. The van der Waals surface area contributed by atoms with Gasteiger partial charge in [0.1, 0.15) is 6.04 Å². The Morgan fingerprint density at radius 2 is 1.67 bits per heavy atom. The van der Waals surface area contributed by atoms with Crippen molar-refractivity contribution in [2.24, 2.45) is 10.2 Å². The largest absolute Gasteiger partial charge is 0.324 e. The average Bonchev–Trinajstić information content (AvgIpc) is 3.16. The summed E-state index contributed by atoms with van der Waals surface area (Å²) < 4.78 is 1.61. The van der Waals surface area contributed by atoms with Gasteiger partial charge in [0.15, 0.2) is 0 Å². The van der Waals surface area contributed by atoms with Crippen LogP contribution in [-0.4, -0.2) is 15.7 Å². The van der Waals surface area contributed by atoms with Crippen molar-refractivity contribution < 1.29 is 4.79 Å². The molecule has 1 amide bonds. The van der Waals surface area contributed by atoms with Crippen LogP contribution in [0, 0.1) is 0 Å². The summed E-state index contributed by atoms with van der Waals surface area (Å²) in [4.78, 5) is 12.2. The third kappa shape index (κ3) is 3.92. The monoisotopic (exact) mass is 319 g/mol. The lowest BCUT2D eigenvalue weighted by Crippen LogP contribution is -2.23. The van der Waals surface area contributed by atoms with Gasteiger partial charge in [-0.25, -0.2) is 0 Å². The van der Waals surface area contributed by atoms with Crippen molar-refractivity contribution in [1.82, 2.24) is 9.78 Å². The number of hydrogen-bond acceptors (Lipinski definition) is 4. The van der Waals surface area contributed by atoms with Crippen molar-refractivity contribution in [1.29, 1.82) is 0 Å². The van der Waals surface area contributed by atoms with Crippen LogP contribution in [0.2, 0.25) is 0 Å². The van der Waals surface area contributed by atoms with Gasteiger partial charge in [-0.3, -0.25) is 9.48 Å². The van der Waals surface area contributed by atoms with Crippen molar-refractivity contribution in [3.63, 3.8) is 0 Å². The zero-order valence-electron chi connectivity index (χ0n) is 13.2. The first-order valence-electron chi connectivity index (χ1n) is 7.59. The fraction of sp³-hybridized carbons (Fsp3) is 0.111. The Bertz CT molecular complexity index is 810. The molecular formula is C18H17N5O. The summed E-state index contributed by atoms with van der Waals surface area (Å²) in [5, 5.41) is 15.3. The number of nitrogens with one attached hydrogen (secondary N) is 1. The summed E-state index contributed by atoms with van der Waals surface area (Å²) in [5.74, 6) is -0.127. The number of carbonyl (C=O) groups excluding carboxylic acids is 1. The second-order valence-electron chi connectivity index (χ2n) is 5.23. The van der Waals surface area contributed by atoms with Crippen LogP contribution in [0.5, 0.6) is 0 Å². The van der Waals surface area contributed by atoms with E-state index in [1.54, 1.807) is 54.3 Å². The van der Waals surface area contributed by atoms with Crippen LogP contribution in [0.25, 0.3) is 0 Å². The molecule has 0 radical (unpaired) electrons. The number of rotatable bonds is 5. The number of benzene rings is 2. The molecule has 0 spiro atoms. The molecular weight excluding hydrogens is 302 g/mol. The Morgan fingerprint density at radius 3 is 2.29 bits per heavy atom. The third-order valence-corrected chi connectivity index (χ3v) is 3.47. The highest BCUT2D eigenvalue weighted by atomic mass is 16.2. The van der Waals surface area contributed by atoms with Gasteiger partial charge in [-0.05, 0) is 49.4 Å². The van der Waals surface area contributed by atoms with E-state index in [1.807, 2.05) is 30.3 Å². The zero-order valence-corrected chi connectivity index (χ0v) is 13.2. The summed E-state index contributed by atoms with van der Waals surface area (Å²) in [5.41, 5.74) is 2.22. The van der Waals surface area contributed by atoms with E-state index >= 15 is 0 Å². The lowest BCUT2D eigenvalue weighted by Gasteiger charge is -2.12. The Balaban J connectivity index is 1.62. The number of anilines is 1. The Morgan fingerprint density at radius 1 is 1.00 bits per heavy atom. The second kappa shape index (κ2) is 7.32. The lowest BCUT2D eigenvalue weighted by atomic mass is 10.2. The van der Waals surface area contributed by atoms with Crippen LogP contribution >= 0.6 is 0 Å². The van der Waals surface area contributed by atoms with Crippen molar-refractivity contribution >= 4 is 23.0 Å². The van der Waals surface area contributed by atoms with Gasteiger partial charge >= 0.3 is 0 Å². The highest BCUT2D eigenvalue weighted by Gasteiger charge is 2.14. The molecule has 0 fully saturated rings. The minimum absolute atomic E-state index is 0.127. The molecule has 1 unspecified atom stereocenters. The van der Waals surface area contributed by atoms with Gasteiger partial charge < -0.3 is 5.32 Å². The number of carbonyl (C=O) groups is 1. The van der Waals surface area contributed by atoms with E-state index < -0.39 is 0 Å². The van der Waals surface area contributed by atoms with Crippen molar-refractivity contribution in [2.75, 3.05) is 5.32 Å². The van der Waals surface area contributed by atoms with Crippen LogP contribution in [0.1, 0.15) is 13.0 Å². The van der Waals surface area contributed by atoms with Crippen LogP contribution in [0.4, 0.5) is 17.1 Å². The van der Waals surface area contributed by atoms with Gasteiger partial charge in [-0.15, -0.1) is 0 Å². The number of azo groups is 1. The van der Waals surface area contributed by atoms with E-state index in [2.05, 4.69) is 20.6 Å². The van der Waals surface area contributed by atoms with Crippen LogP contribution in [-0.2, 0) is 4.79 Å². The number of aromatic nitrogens is 2. The molecule has 0 bridgehead atoms. The lowest BCUT2D eigenvalue weighted by molar-refractivity contribution is -0.119. The Hall–Kier alpha value is -3.28. The van der Waals surface area contributed by atoms with Crippen molar-refractivity contribution in [2.45, 2.75) is 13.0 Å². The minimum Gasteiger partial charge on any atom is -0.324 e. The van der Waals surface area contributed by atoms with E-state index in [9.17, 15) is 4.79 Å². The molecule has 0 saturated carbocycles. The van der Waals surface area contributed by atoms with E-state index in [0.29, 0.717) is 5.69 Å². The van der Waals surface area contributed by atoms with E-state index in [0.717, 1.165) is 11.4 Å². The molecule has 0 aliphatic rings. The fourth-order valence-electron chi connectivity index (χ4n) is 2.10. The summed E-state index contributed by atoms with van der Waals surface area (Å²) in [6.07, 6.45) is 3.41. The number of hydrogen-bond donors (Lipinski definition) is 1. The van der Waals surface area contributed by atoms with Crippen LogP contribution < -0.4 is 5.32 Å². The quantitative estimate of drug-likeness (QED) is 0.703. The van der Waals surface area contributed by atoms with E-state index in [4.69, 9.17) is 0 Å². The first-order valence-corrected chi connectivity index (χ1v) is 7.59. The summed E-state index contributed by atoms with van der Waals surface area (Å²) in [7, 11) is 0. The molecule has 1 aromatic heterocycles. The predicted octanol–water partition coefficient (Wildman–Crippen LogP) is 4.50. The maximum atomic E-state index is 12.2. The Labute approximate surface area is 139 Å². The first-order chi connectivity index (χ1) is 11.7. The Kier molecular flexibility index (Phi) is 4.76. The van der Waals surface area contributed by atoms with E-state index in [-0.39, 0.29) is 11.9 Å². The SMILES string of the molecule is CC(C(=O)Nc1ccc(N=Nc2ccccc2)cc1)n1cccn1. The zero-order chi connectivity index (χ0) is 16.8. The van der Waals surface area contributed by atoms with Crippen LogP contribution in [0.15, 0.2) is 83.3 Å². The fourth-order valence-corrected chi connectivity index (χ4v) is 2.10. The smallest absolute Gasteiger partial charge is 0.248 e. The predicted molar refractivity (Wildman–Crippen MR) is 92.6 cm³/mol. The van der Waals surface area contributed by atoms with Gasteiger partial charge in [0, 0.05) is 18.1 Å². The molecule has 0 aliphatic heterocycles. The molecule has 6 heteroatoms. The van der Waals surface area contributed by atoms with Gasteiger partial charge in [-0.2, -0.15) is 15.3 Å². The second-order valence-corrected chi connectivity index (χ2v) is 5.23. The van der Waals surface area contributed by atoms with Gasteiger partial charge in [0.2, 0.25) is 5.91 Å². The standard InChI is InChI=1S/C18H17N5O/c1-14(23-13-5-12-19-23)18(24)20-15-8-10-17(11-9-15)22-21-16-6-3-2-4-7-16/h2-14H,1H3,(H,20,24).